The fourth-order valence-corrected chi connectivity index (χ4v) is 3.04. The van der Waals surface area contributed by atoms with Crippen LogP contribution < -0.4 is 10.5 Å². The molecule has 0 aromatic heterocycles. The molecule has 0 saturated heterocycles. The van der Waals surface area contributed by atoms with Crippen LogP contribution in [0.2, 0.25) is 0 Å². The van der Waals surface area contributed by atoms with Crippen LogP contribution in [0.4, 0.5) is 4.39 Å². The van der Waals surface area contributed by atoms with E-state index in [4.69, 9.17) is 10.5 Å². The molecule has 1 aromatic carbocycles. The smallest absolute Gasteiger partial charge is 0.123 e. The summed E-state index contributed by atoms with van der Waals surface area (Å²) in [5.74, 6) is 0.506. The Morgan fingerprint density at radius 2 is 1.81 bits per heavy atom. The zero-order valence-electron chi connectivity index (χ0n) is 12.9. The second-order valence-corrected chi connectivity index (χ2v) is 5.91. The molecule has 1 aromatic rings. The largest absolute Gasteiger partial charge is 0.492 e. The number of nitrogens with two attached hydrogens (primary N) is 1. The number of hydrogen-bond donors (Lipinski definition) is 1. The van der Waals surface area contributed by atoms with E-state index in [2.05, 4.69) is 11.8 Å². The molecule has 0 aliphatic heterocycles. The molecule has 1 aliphatic carbocycles. The first-order chi connectivity index (χ1) is 10.2. The van der Waals surface area contributed by atoms with E-state index in [0.717, 1.165) is 38.1 Å². The predicted octanol–water partition coefficient (Wildman–Crippen LogP) is 3.19. The van der Waals surface area contributed by atoms with Crippen molar-refractivity contribution < 1.29 is 9.13 Å². The summed E-state index contributed by atoms with van der Waals surface area (Å²) in [5.41, 5.74) is 5.99. The van der Waals surface area contributed by atoms with Crippen molar-refractivity contribution >= 4 is 0 Å². The van der Waals surface area contributed by atoms with Crippen LogP contribution in [0.25, 0.3) is 0 Å². The van der Waals surface area contributed by atoms with Gasteiger partial charge in [0.1, 0.15) is 18.2 Å². The molecule has 1 fully saturated rings. The molecule has 1 saturated carbocycles. The lowest BCUT2D eigenvalue weighted by molar-refractivity contribution is 0.126. The van der Waals surface area contributed by atoms with E-state index >= 15 is 0 Å². The summed E-state index contributed by atoms with van der Waals surface area (Å²) in [6.07, 6.45) is 5.79. The van der Waals surface area contributed by atoms with Crippen molar-refractivity contribution in [1.29, 1.82) is 0 Å². The van der Waals surface area contributed by atoms with E-state index < -0.39 is 0 Å². The summed E-state index contributed by atoms with van der Waals surface area (Å²) in [6.45, 7) is 4.88. The Morgan fingerprint density at radius 3 is 2.43 bits per heavy atom. The Hall–Kier alpha value is -1.13. The Balaban J connectivity index is 1.78. The highest BCUT2D eigenvalue weighted by molar-refractivity contribution is 5.21. The predicted molar refractivity (Wildman–Crippen MR) is 84.0 cm³/mol. The van der Waals surface area contributed by atoms with Gasteiger partial charge >= 0.3 is 0 Å². The highest BCUT2D eigenvalue weighted by Gasteiger charge is 2.23. The maximum Gasteiger partial charge on any atom is 0.123 e. The van der Waals surface area contributed by atoms with Gasteiger partial charge < -0.3 is 10.5 Å². The lowest BCUT2D eigenvalue weighted by atomic mass is 9.90. The molecule has 0 heterocycles. The van der Waals surface area contributed by atoms with E-state index in [1.54, 1.807) is 12.1 Å². The molecule has 0 unspecified atom stereocenters. The Morgan fingerprint density at radius 1 is 1.14 bits per heavy atom. The summed E-state index contributed by atoms with van der Waals surface area (Å²) in [4.78, 5) is 2.52. The van der Waals surface area contributed by atoms with Crippen molar-refractivity contribution in [3.05, 3.63) is 30.1 Å². The van der Waals surface area contributed by atoms with Gasteiger partial charge in [0.15, 0.2) is 0 Å². The van der Waals surface area contributed by atoms with E-state index in [1.807, 2.05) is 0 Å². The monoisotopic (exact) mass is 294 g/mol. The standard InChI is InChI=1S/C17H27FN2O/c1-2-11-20(16-7-5-15(19)6-8-16)12-13-21-17-9-3-14(18)4-10-17/h3-4,9-10,15-16H,2,5-8,11-13,19H2,1H3. The van der Waals surface area contributed by atoms with Gasteiger partial charge in [-0.2, -0.15) is 0 Å². The molecule has 0 atom stereocenters. The van der Waals surface area contributed by atoms with Gasteiger partial charge in [-0.25, -0.2) is 4.39 Å². The maximum atomic E-state index is 12.8. The summed E-state index contributed by atoms with van der Waals surface area (Å²) < 4.78 is 18.6. The minimum absolute atomic E-state index is 0.228. The molecule has 1 aliphatic rings. The summed E-state index contributed by atoms with van der Waals surface area (Å²) in [5, 5.41) is 0. The quantitative estimate of drug-likeness (QED) is 0.839. The number of halogens is 1. The third-order valence-corrected chi connectivity index (χ3v) is 4.23. The van der Waals surface area contributed by atoms with Crippen molar-refractivity contribution in [3.8, 4) is 5.75 Å². The van der Waals surface area contributed by atoms with Gasteiger partial charge in [0.25, 0.3) is 0 Å². The highest BCUT2D eigenvalue weighted by Crippen LogP contribution is 2.22. The maximum absolute atomic E-state index is 12.8. The zero-order valence-corrected chi connectivity index (χ0v) is 12.9. The van der Waals surface area contributed by atoms with E-state index in [9.17, 15) is 4.39 Å². The Kier molecular flexibility index (Phi) is 6.46. The van der Waals surface area contributed by atoms with Crippen molar-refractivity contribution in [2.75, 3.05) is 19.7 Å². The zero-order chi connectivity index (χ0) is 15.1. The first-order valence-electron chi connectivity index (χ1n) is 8.07. The van der Waals surface area contributed by atoms with Crippen LogP contribution in [0.5, 0.6) is 5.75 Å². The molecule has 0 bridgehead atoms. The van der Waals surface area contributed by atoms with Gasteiger partial charge in [-0.1, -0.05) is 6.92 Å². The molecule has 2 rings (SSSR count). The third kappa shape index (κ3) is 5.29. The number of hydrogen-bond acceptors (Lipinski definition) is 3. The molecule has 21 heavy (non-hydrogen) atoms. The first-order valence-corrected chi connectivity index (χ1v) is 8.07. The molecule has 0 amide bonds. The van der Waals surface area contributed by atoms with Crippen LogP contribution in [0, 0.1) is 5.82 Å². The van der Waals surface area contributed by atoms with Crippen molar-refractivity contribution in [2.24, 2.45) is 5.73 Å². The summed E-state index contributed by atoms with van der Waals surface area (Å²) in [6, 6.07) is 7.25. The fourth-order valence-electron chi connectivity index (χ4n) is 3.04. The van der Waals surface area contributed by atoms with Gasteiger partial charge in [0.2, 0.25) is 0 Å². The average molecular weight is 294 g/mol. The molecule has 2 N–H and O–H groups in total. The van der Waals surface area contributed by atoms with Gasteiger partial charge in [-0.05, 0) is 62.9 Å². The van der Waals surface area contributed by atoms with E-state index in [-0.39, 0.29) is 5.82 Å². The minimum Gasteiger partial charge on any atom is -0.492 e. The molecule has 0 spiro atoms. The van der Waals surface area contributed by atoms with Gasteiger partial charge in [-0.15, -0.1) is 0 Å². The van der Waals surface area contributed by atoms with Gasteiger partial charge in [-0.3, -0.25) is 4.90 Å². The van der Waals surface area contributed by atoms with E-state index in [0.29, 0.717) is 18.7 Å². The number of ether oxygens (including phenoxy) is 1. The second-order valence-electron chi connectivity index (χ2n) is 5.91. The topological polar surface area (TPSA) is 38.5 Å². The fraction of sp³-hybridized carbons (Fsp3) is 0.647. The Bertz CT molecular complexity index is 402. The highest BCUT2D eigenvalue weighted by atomic mass is 19.1. The minimum atomic E-state index is -0.228. The van der Waals surface area contributed by atoms with Crippen LogP contribution >= 0.6 is 0 Å². The Labute approximate surface area is 127 Å². The third-order valence-electron chi connectivity index (χ3n) is 4.23. The lowest BCUT2D eigenvalue weighted by Gasteiger charge is -2.35. The summed E-state index contributed by atoms with van der Waals surface area (Å²) in [7, 11) is 0. The van der Waals surface area contributed by atoms with Crippen molar-refractivity contribution in [2.45, 2.75) is 51.1 Å². The van der Waals surface area contributed by atoms with Gasteiger partial charge in [0, 0.05) is 18.6 Å². The molecule has 0 radical (unpaired) electrons. The molecular formula is C17H27FN2O. The van der Waals surface area contributed by atoms with E-state index in [1.165, 1.54) is 25.0 Å². The molecular weight excluding hydrogens is 267 g/mol. The van der Waals surface area contributed by atoms with Crippen LogP contribution in [0.15, 0.2) is 24.3 Å². The lowest BCUT2D eigenvalue weighted by Crippen LogP contribution is -2.43. The summed E-state index contributed by atoms with van der Waals surface area (Å²) >= 11 is 0. The van der Waals surface area contributed by atoms with Crippen molar-refractivity contribution in [1.82, 2.24) is 4.90 Å². The van der Waals surface area contributed by atoms with Crippen molar-refractivity contribution in [3.63, 3.8) is 0 Å². The van der Waals surface area contributed by atoms with Crippen LogP contribution in [0.3, 0.4) is 0 Å². The van der Waals surface area contributed by atoms with Crippen LogP contribution in [-0.2, 0) is 0 Å². The van der Waals surface area contributed by atoms with Crippen LogP contribution in [-0.4, -0.2) is 36.7 Å². The SMILES string of the molecule is CCCN(CCOc1ccc(F)cc1)C1CCC(N)CC1. The molecule has 4 heteroatoms. The van der Waals surface area contributed by atoms with Crippen LogP contribution in [0.1, 0.15) is 39.0 Å². The average Bonchev–Trinajstić information content (AvgIpc) is 2.49. The second kappa shape index (κ2) is 8.35. The number of rotatable bonds is 7. The number of nitrogens with zero attached hydrogens (tertiary/aromatic N) is 1. The first kappa shape index (κ1) is 16.2. The van der Waals surface area contributed by atoms with Gasteiger partial charge in [0.05, 0.1) is 0 Å². The normalized spacial score (nSPS) is 22.5. The molecule has 118 valence electrons. The number of benzene rings is 1. The molecule has 3 nitrogen and oxygen atoms in total.